The van der Waals surface area contributed by atoms with Crippen LogP contribution in [0.5, 0.6) is 11.6 Å². The number of rotatable bonds is 9. The molecule has 9 heteroatoms. The number of hydrogen-bond acceptors (Lipinski definition) is 6. The molecule has 1 aliphatic heterocycles. The SMILES string of the molecule is Cc1ccc(COCC(NC(=O)c2cccnc2Oc2ccc(Cl)cc2)C(=O)N2CCN(C)CC2)cc1. The molecule has 0 radical (unpaired) electrons. The van der Waals surface area contributed by atoms with Crippen LogP contribution in [0.1, 0.15) is 21.5 Å². The van der Waals surface area contributed by atoms with Crippen molar-refractivity contribution in [2.75, 3.05) is 39.8 Å². The molecule has 0 bridgehead atoms. The van der Waals surface area contributed by atoms with E-state index in [0.717, 1.165) is 24.2 Å². The van der Waals surface area contributed by atoms with Gasteiger partial charge in [-0.3, -0.25) is 9.59 Å². The monoisotopic (exact) mass is 522 g/mol. The zero-order valence-corrected chi connectivity index (χ0v) is 21.8. The minimum Gasteiger partial charge on any atom is -0.438 e. The van der Waals surface area contributed by atoms with Crippen molar-refractivity contribution in [3.05, 3.63) is 88.6 Å². The molecule has 8 nitrogen and oxygen atoms in total. The number of amides is 2. The van der Waals surface area contributed by atoms with Gasteiger partial charge in [0.2, 0.25) is 11.8 Å². The van der Waals surface area contributed by atoms with Gasteiger partial charge in [-0.1, -0.05) is 41.4 Å². The van der Waals surface area contributed by atoms with E-state index in [1.807, 2.05) is 38.2 Å². The number of carbonyl (C=O) groups excluding carboxylic acids is 2. The lowest BCUT2D eigenvalue weighted by atomic mass is 10.1. The smallest absolute Gasteiger partial charge is 0.257 e. The van der Waals surface area contributed by atoms with Gasteiger partial charge >= 0.3 is 0 Å². The summed E-state index contributed by atoms with van der Waals surface area (Å²) in [5, 5.41) is 3.43. The molecular formula is C28H31ClN4O4. The molecule has 1 aliphatic rings. The van der Waals surface area contributed by atoms with Gasteiger partial charge in [0.25, 0.3) is 5.91 Å². The first kappa shape index (κ1) is 26.6. The van der Waals surface area contributed by atoms with E-state index >= 15 is 0 Å². The Morgan fingerprint density at radius 3 is 2.43 bits per heavy atom. The van der Waals surface area contributed by atoms with Crippen molar-refractivity contribution in [1.29, 1.82) is 0 Å². The Labute approximate surface area is 222 Å². The average molecular weight is 523 g/mol. The Hall–Kier alpha value is -3.46. The van der Waals surface area contributed by atoms with E-state index < -0.39 is 11.9 Å². The Balaban J connectivity index is 1.47. The summed E-state index contributed by atoms with van der Waals surface area (Å²) in [6.07, 6.45) is 1.54. The zero-order valence-electron chi connectivity index (χ0n) is 21.0. The van der Waals surface area contributed by atoms with Crippen molar-refractivity contribution in [1.82, 2.24) is 20.1 Å². The quantitative estimate of drug-likeness (QED) is 0.458. The van der Waals surface area contributed by atoms with E-state index in [1.165, 1.54) is 0 Å². The van der Waals surface area contributed by atoms with Crippen LogP contribution in [0.15, 0.2) is 66.9 Å². The molecule has 1 unspecified atom stereocenters. The highest BCUT2D eigenvalue weighted by Gasteiger charge is 2.29. The standard InChI is InChI=1S/C28H31ClN4O4/c1-20-5-7-21(8-6-20)18-36-19-25(28(35)33-16-14-32(2)15-17-33)31-26(34)24-4-3-13-30-27(24)37-23-11-9-22(29)10-12-23/h3-13,25H,14-19H2,1-2H3,(H,31,34). The maximum atomic E-state index is 13.4. The highest BCUT2D eigenvalue weighted by molar-refractivity contribution is 6.30. The lowest BCUT2D eigenvalue weighted by molar-refractivity contribution is -0.136. The second kappa shape index (κ2) is 12.7. The van der Waals surface area contributed by atoms with E-state index in [1.54, 1.807) is 47.5 Å². The van der Waals surface area contributed by atoms with Crippen LogP contribution in [-0.4, -0.2) is 72.5 Å². The molecule has 2 aromatic carbocycles. The topological polar surface area (TPSA) is 84.0 Å². The van der Waals surface area contributed by atoms with Crippen molar-refractivity contribution >= 4 is 23.4 Å². The van der Waals surface area contributed by atoms with Gasteiger partial charge < -0.3 is 24.6 Å². The van der Waals surface area contributed by atoms with E-state index in [4.69, 9.17) is 21.1 Å². The number of halogens is 1. The van der Waals surface area contributed by atoms with Gasteiger partial charge in [-0.05, 0) is 55.9 Å². The number of carbonyl (C=O) groups is 2. The van der Waals surface area contributed by atoms with Gasteiger partial charge in [0.1, 0.15) is 17.4 Å². The summed E-state index contributed by atoms with van der Waals surface area (Å²) in [5.74, 6) is -0.0183. The van der Waals surface area contributed by atoms with Crippen LogP contribution in [-0.2, 0) is 16.1 Å². The highest BCUT2D eigenvalue weighted by Crippen LogP contribution is 2.24. The number of ether oxygens (including phenoxy) is 2. The van der Waals surface area contributed by atoms with Crippen molar-refractivity contribution in [2.45, 2.75) is 19.6 Å². The Morgan fingerprint density at radius 2 is 1.73 bits per heavy atom. The van der Waals surface area contributed by atoms with Gasteiger partial charge in [0.15, 0.2) is 0 Å². The van der Waals surface area contributed by atoms with Gasteiger partial charge in [-0.2, -0.15) is 0 Å². The molecule has 0 spiro atoms. The number of nitrogens with one attached hydrogen (secondary N) is 1. The third-order valence-corrected chi connectivity index (χ3v) is 6.39. The summed E-state index contributed by atoms with van der Waals surface area (Å²) in [7, 11) is 2.02. The lowest BCUT2D eigenvalue weighted by Crippen LogP contribution is -2.55. The van der Waals surface area contributed by atoms with Crippen LogP contribution in [0.3, 0.4) is 0 Å². The first-order chi connectivity index (χ1) is 17.9. The van der Waals surface area contributed by atoms with Crippen LogP contribution in [0, 0.1) is 6.92 Å². The molecule has 2 heterocycles. The number of hydrogen-bond donors (Lipinski definition) is 1. The molecular weight excluding hydrogens is 492 g/mol. The summed E-state index contributed by atoms with van der Waals surface area (Å²) in [4.78, 5) is 34.9. The maximum Gasteiger partial charge on any atom is 0.257 e. The van der Waals surface area contributed by atoms with Gasteiger partial charge in [0.05, 0.1) is 13.2 Å². The fraction of sp³-hybridized carbons (Fsp3) is 0.321. The number of piperazine rings is 1. The Bertz CT molecular complexity index is 1200. The Morgan fingerprint density at radius 1 is 1.03 bits per heavy atom. The first-order valence-electron chi connectivity index (χ1n) is 12.2. The number of likely N-dealkylation sites (N-methyl/N-ethyl adjacent to an activating group) is 1. The summed E-state index contributed by atoms with van der Waals surface area (Å²) in [6, 6.07) is 17.2. The summed E-state index contributed by atoms with van der Waals surface area (Å²) in [6.45, 7) is 5.14. The number of benzene rings is 2. The van der Waals surface area contributed by atoms with E-state index in [9.17, 15) is 9.59 Å². The molecule has 1 saturated heterocycles. The molecule has 0 aliphatic carbocycles. The second-order valence-corrected chi connectivity index (χ2v) is 9.50. The maximum absolute atomic E-state index is 13.4. The molecule has 1 atom stereocenters. The second-order valence-electron chi connectivity index (χ2n) is 9.07. The van der Waals surface area contributed by atoms with Gasteiger partial charge in [-0.15, -0.1) is 0 Å². The predicted molar refractivity (Wildman–Crippen MR) is 142 cm³/mol. The number of aryl methyl sites for hydroxylation is 1. The zero-order chi connectivity index (χ0) is 26.2. The van der Waals surface area contributed by atoms with Crippen molar-refractivity contribution in [3.8, 4) is 11.6 Å². The fourth-order valence-corrected chi connectivity index (χ4v) is 4.02. The molecule has 4 rings (SSSR count). The van der Waals surface area contributed by atoms with Crippen molar-refractivity contribution in [2.24, 2.45) is 0 Å². The van der Waals surface area contributed by atoms with Crippen LogP contribution >= 0.6 is 11.6 Å². The predicted octanol–water partition coefficient (Wildman–Crippen LogP) is 3.92. The van der Waals surface area contributed by atoms with Crippen LogP contribution in [0.25, 0.3) is 0 Å². The molecule has 3 aromatic rings. The Kier molecular flexibility index (Phi) is 9.11. The largest absolute Gasteiger partial charge is 0.438 e. The fourth-order valence-electron chi connectivity index (χ4n) is 3.90. The first-order valence-corrected chi connectivity index (χ1v) is 12.6. The molecule has 2 amide bonds. The van der Waals surface area contributed by atoms with Crippen molar-refractivity contribution in [3.63, 3.8) is 0 Å². The molecule has 194 valence electrons. The van der Waals surface area contributed by atoms with Gasteiger partial charge in [0, 0.05) is 37.4 Å². The third kappa shape index (κ3) is 7.52. The molecule has 1 N–H and O–H groups in total. The summed E-state index contributed by atoms with van der Waals surface area (Å²) >= 11 is 5.96. The minimum absolute atomic E-state index is 0.0401. The lowest BCUT2D eigenvalue weighted by Gasteiger charge is -2.34. The van der Waals surface area contributed by atoms with Crippen LogP contribution in [0.2, 0.25) is 5.02 Å². The number of pyridine rings is 1. The third-order valence-electron chi connectivity index (χ3n) is 6.14. The number of aromatic nitrogens is 1. The van der Waals surface area contributed by atoms with E-state index in [-0.39, 0.29) is 24.0 Å². The molecule has 1 fully saturated rings. The normalized spacial score (nSPS) is 14.7. The minimum atomic E-state index is -0.857. The summed E-state index contributed by atoms with van der Waals surface area (Å²) in [5.41, 5.74) is 2.37. The van der Waals surface area contributed by atoms with E-state index in [0.29, 0.717) is 30.5 Å². The summed E-state index contributed by atoms with van der Waals surface area (Å²) < 4.78 is 11.7. The highest BCUT2D eigenvalue weighted by atomic mass is 35.5. The van der Waals surface area contributed by atoms with Crippen LogP contribution < -0.4 is 10.1 Å². The number of nitrogens with zero attached hydrogens (tertiary/aromatic N) is 3. The van der Waals surface area contributed by atoms with Crippen molar-refractivity contribution < 1.29 is 19.1 Å². The van der Waals surface area contributed by atoms with Crippen LogP contribution in [0.4, 0.5) is 0 Å². The molecule has 0 saturated carbocycles. The average Bonchev–Trinajstić information content (AvgIpc) is 2.91. The van der Waals surface area contributed by atoms with Gasteiger partial charge in [-0.25, -0.2) is 4.98 Å². The van der Waals surface area contributed by atoms with E-state index in [2.05, 4.69) is 15.2 Å². The molecule has 37 heavy (non-hydrogen) atoms. The molecule has 1 aromatic heterocycles.